The van der Waals surface area contributed by atoms with Crippen molar-refractivity contribution >= 4 is 28.9 Å². The monoisotopic (exact) mass is 300 g/mol. The third-order valence-corrected chi connectivity index (χ3v) is 2.85. The van der Waals surface area contributed by atoms with E-state index in [4.69, 9.17) is 17.3 Å². The van der Waals surface area contributed by atoms with Crippen LogP contribution in [0.2, 0.25) is 5.02 Å². The van der Waals surface area contributed by atoms with Gasteiger partial charge in [0.1, 0.15) is 0 Å². The normalized spacial score (nSPS) is 10.4. The Morgan fingerprint density at radius 2 is 1.75 bits per heavy atom. The van der Waals surface area contributed by atoms with Gasteiger partial charge in [0.25, 0.3) is 5.91 Å². The minimum atomic E-state index is -1.64. The highest BCUT2D eigenvalue weighted by atomic mass is 35.5. The molecule has 1 amide bonds. The Balaban J connectivity index is 2.34. The van der Waals surface area contributed by atoms with Crippen LogP contribution in [-0.4, -0.2) is 5.91 Å². The molecule has 0 radical (unpaired) electrons. The number of rotatable bonds is 2. The first-order valence-corrected chi connectivity index (χ1v) is 5.78. The van der Waals surface area contributed by atoms with Gasteiger partial charge < -0.3 is 11.1 Å². The van der Waals surface area contributed by atoms with Crippen molar-refractivity contribution in [3.05, 3.63) is 58.4 Å². The van der Waals surface area contributed by atoms with Crippen LogP contribution in [0.1, 0.15) is 10.4 Å². The maximum atomic E-state index is 13.1. The van der Waals surface area contributed by atoms with Crippen LogP contribution in [0.3, 0.4) is 0 Å². The van der Waals surface area contributed by atoms with Crippen molar-refractivity contribution in [1.29, 1.82) is 0 Å². The van der Waals surface area contributed by atoms with Crippen molar-refractivity contribution in [1.82, 2.24) is 0 Å². The van der Waals surface area contributed by atoms with Crippen molar-refractivity contribution in [3.63, 3.8) is 0 Å². The number of nitrogens with one attached hydrogen (secondary N) is 1. The quantitative estimate of drug-likeness (QED) is 0.658. The number of nitrogens with two attached hydrogens (primary N) is 1. The molecule has 0 aliphatic rings. The molecule has 0 atom stereocenters. The molecule has 0 spiro atoms. The summed E-state index contributed by atoms with van der Waals surface area (Å²) in [5.74, 6) is -5.41. The Bertz CT molecular complexity index is 648. The van der Waals surface area contributed by atoms with Crippen molar-refractivity contribution < 1.29 is 18.0 Å². The zero-order valence-electron chi connectivity index (χ0n) is 9.88. The van der Waals surface area contributed by atoms with Crippen molar-refractivity contribution in [2.75, 3.05) is 11.1 Å². The van der Waals surface area contributed by atoms with Crippen LogP contribution in [0.4, 0.5) is 24.5 Å². The van der Waals surface area contributed by atoms with Crippen LogP contribution < -0.4 is 11.1 Å². The molecule has 7 heteroatoms. The van der Waals surface area contributed by atoms with Crippen molar-refractivity contribution in [2.24, 2.45) is 0 Å². The summed E-state index contributed by atoms with van der Waals surface area (Å²) in [5.41, 5.74) is 5.54. The van der Waals surface area contributed by atoms with Gasteiger partial charge in [0.05, 0.1) is 16.4 Å². The van der Waals surface area contributed by atoms with E-state index < -0.39 is 23.4 Å². The second-order valence-electron chi connectivity index (χ2n) is 3.91. The molecule has 0 saturated carbocycles. The molecule has 0 aromatic heterocycles. The largest absolute Gasteiger partial charge is 0.397 e. The van der Waals surface area contributed by atoms with Crippen molar-refractivity contribution in [2.45, 2.75) is 0 Å². The summed E-state index contributed by atoms with van der Waals surface area (Å²) in [5, 5.41) is 2.48. The lowest BCUT2D eigenvalue weighted by atomic mass is 10.2. The molecule has 3 nitrogen and oxygen atoms in total. The SMILES string of the molecule is Nc1cccc(Cl)c1NC(=O)c1cc(F)c(F)c(F)c1. The van der Waals surface area contributed by atoms with Gasteiger partial charge in [0.2, 0.25) is 0 Å². The van der Waals surface area contributed by atoms with E-state index in [1.165, 1.54) is 12.1 Å². The molecular weight excluding hydrogens is 293 g/mol. The molecule has 2 aromatic rings. The van der Waals surface area contributed by atoms with E-state index in [0.717, 1.165) is 0 Å². The summed E-state index contributed by atoms with van der Waals surface area (Å²) >= 11 is 5.85. The Hall–Kier alpha value is -2.21. The number of halogens is 4. The fourth-order valence-corrected chi connectivity index (χ4v) is 1.77. The Labute approximate surface area is 117 Å². The average Bonchev–Trinajstić information content (AvgIpc) is 2.39. The minimum absolute atomic E-state index is 0.115. The van der Waals surface area contributed by atoms with Crippen LogP contribution >= 0.6 is 11.6 Å². The van der Waals surface area contributed by atoms with E-state index in [1.807, 2.05) is 0 Å². The fraction of sp³-hybridized carbons (Fsp3) is 0. The van der Waals surface area contributed by atoms with Gasteiger partial charge in [0, 0.05) is 5.56 Å². The standard InChI is InChI=1S/C13H8ClF3N2O/c14-7-2-1-3-10(18)12(7)19-13(20)6-4-8(15)11(17)9(16)5-6/h1-5H,18H2,(H,19,20). The molecule has 0 aliphatic carbocycles. The first kappa shape index (κ1) is 14.2. The molecule has 0 unspecified atom stereocenters. The number of amides is 1. The number of nitrogen functional groups attached to an aromatic ring is 1. The number of carbonyl (C=O) groups is 1. The molecule has 0 aliphatic heterocycles. The predicted octanol–water partition coefficient (Wildman–Crippen LogP) is 3.59. The van der Waals surface area contributed by atoms with Crippen LogP contribution in [-0.2, 0) is 0 Å². The average molecular weight is 301 g/mol. The Morgan fingerprint density at radius 1 is 1.15 bits per heavy atom. The lowest BCUT2D eigenvalue weighted by Crippen LogP contribution is -2.14. The summed E-state index contributed by atoms with van der Waals surface area (Å²) in [7, 11) is 0. The molecule has 2 aromatic carbocycles. The minimum Gasteiger partial charge on any atom is -0.397 e. The molecular formula is C13H8ClF3N2O. The van der Waals surface area contributed by atoms with Gasteiger partial charge in [-0.25, -0.2) is 13.2 Å². The van der Waals surface area contributed by atoms with E-state index in [0.29, 0.717) is 12.1 Å². The smallest absolute Gasteiger partial charge is 0.255 e. The zero-order valence-corrected chi connectivity index (χ0v) is 10.6. The number of para-hydroxylation sites is 1. The number of hydrogen-bond acceptors (Lipinski definition) is 2. The van der Waals surface area contributed by atoms with Crippen LogP contribution in [0, 0.1) is 17.5 Å². The summed E-state index contributed by atoms with van der Waals surface area (Å²) in [6, 6.07) is 5.72. The lowest BCUT2D eigenvalue weighted by Gasteiger charge is -2.10. The summed E-state index contributed by atoms with van der Waals surface area (Å²) in [4.78, 5) is 11.9. The van der Waals surface area contributed by atoms with Gasteiger partial charge in [-0.15, -0.1) is 0 Å². The van der Waals surface area contributed by atoms with E-state index in [1.54, 1.807) is 6.07 Å². The van der Waals surface area contributed by atoms with Gasteiger partial charge in [-0.2, -0.15) is 0 Å². The van der Waals surface area contributed by atoms with Gasteiger partial charge in [-0.1, -0.05) is 17.7 Å². The third-order valence-electron chi connectivity index (χ3n) is 2.53. The Kier molecular flexibility index (Phi) is 3.85. The number of carbonyl (C=O) groups excluding carboxylic acids is 1. The molecule has 0 heterocycles. The first-order valence-electron chi connectivity index (χ1n) is 5.40. The number of hydrogen-bond donors (Lipinski definition) is 2. The van der Waals surface area contributed by atoms with Crippen LogP contribution in [0.5, 0.6) is 0 Å². The highest BCUT2D eigenvalue weighted by Crippen LogP contribution is 2.28. The molecule has 3 N–H and O–H groups in total. The highest BCUT2D eigenvalue weighted by Gasteiger charge is 2.16. The number of benzene rings is 2. The second kappa shape index (κ2) is 5.42. The first-order chi connectivity index (χ1) is 9.40. The van der Waals surface area contributed by atoms with E-state index in [9.17, 15) is 18.0 Å². The highest BCUT2D eigenvalue weighted by molar-refractivity contribution is 6.34. The number of anilines is 2. The van der Waals surface area contributed by atoms with Gasteiger partial charge in [-0.05, 0) is 24.3 Å². The van der Waals surface area contributed by atoms with E-state index in [2.05, 4.69) is 5.32 Å². The maximum Gasteiger partial charge on any atom is 0.255 e. The van der Waals surface area contributed by atoms with E-state index >= 15 is 0 Å². The molecule has 104 valence electrons. The second-order valence-corrected chi connectivity index (χ2v) is 4.32. The molecule has 0 fully saturated rings. The lowest BCUT2D eigenvalue weighted by molar-refractivity contribution is 0.102. The summed E-state index contributed by atoms with van der Waals surface area (Å²) in [6.45, 7) is 0. The van der Waals surface area contributed by atoms with Gasteiger partial charge >= 0.3 is 0 Å². The van der Waals surface area contributed by atoms with Crippen molar-refractivity contribution in [3.8, 4) is 0 Å². The molecule has 20 heavy (non-hydrogen) atoms. The summed E-state index contributed by atoms with van der Waals surface area (Å²) < 4.78 is 38.9. The predicted molar refractivity (Wildman–Crippen MR) is 70.1 cm³/mol. The third kappa shape index (κ3) is 2.70. The molecule has 0 bridgehead atoms. The van der Waals surface area contributed by atoms with Crippen LogP contribution in [0.15, 0.2) is 30.3 Å². The van der Waals surface area contributed by atoms with Crippen LogP contribution in [0.25, 0.3) is 0 Å². The van der Waals surface area contributed by atoms with Gasteiger partial charge in [0.15, 0.2) is 17.5 Å². The maximum absolute atomic E-state index is 13.1. The van der Waals surface area contributed by atoms with E-state index in [-0.39, 0.29) is 22.0 Å². The zero-order chi connectivity index (χ0) is 14.9. The summed E-state index contributed by atoms with van der Waals surface area (Å²) in [6.07, 6.45) is 0. The molecule has 2 rings (SSSR count). The van der Waals surface area contributed by atoms with Gasteiger partial charge in [-0.3, -0.25) is 4.79 Å². The Morgan fingerprint density at radius 3 is 2.30 bits per heavy atom. The molecule has 0 saturated heterocycles. The topological polar surface area (TPSA) is 55.1 Å². The fourth-order valence-electron chi connectivity index (χ4n) is 1.55.